The van der Waals surface area contributed by atoms with Crippen LogP contribution in [0.1, 0.15) is 78.6 Å². The van der Waals surface area contributed by atoms with Gasteiger partial charge >= 0.3 is 6.18 Å². The van der Waals surface area contributed by atoms with E-state index in [0.717, 1.165) is 35.4 Å². The molecule has 1 amide bonds. The van der Waals surface area contributed by atoms with E-state index in [0.29, 0.717) is 17.0 Å². The van der Waals surface area contributed by atoms with Crippen LogP contribution in [0.5, 0.6) is 0 Å². The quantitative estimate of drug-likeness (QED) is 0.549. The van der Waals surface area contributed by atoms with Gasteiger partial charge in [0.1, 0.15) is 34.9 Å². The van der Waals surface area contributed by atoms with Gasteiger partial charge < -0.3 is 10.4 Å². The first-order chi connectivity index (χ1) is 16.3. The molecule has 0 unspecified atom stereocenters. The normalized spacial score (nSPS) is 15.5. The van der Waals surface area contributed by atoms with Gasteiger partial charge in [-0.15, -0.1) is 16.8 Å². The Labute approximate surface area is 209 Å². The van der Waals surface area contributed by atoms with Gasteiger partial charge in [0.05, 0.1) is 20.8 Å². The molecule has 35 heavy (non-hydrogen) atoms. The summed E-state index contributed by atoms with van der Waals surface area (Å²) in [6.07, 6.45) is 0.699. The second kappa shape index (κ2) is 9.28. The lowest BCUT2D eigenvalue weighted by molar-refractivity contribution is -0.140. The van der Waals surface area contributed by atoms with Gasteiger partial charge in [0.25, 0.3) is 5.91 Å². The van der Waals surface area contributed by atoms with Crippen molar-refractivity contribution in [2.75, 3.05) is 5.32 Å². The van der Waals surface area contributed by atoms with Crippen molar-refractivity contribution >= 4 is 73.1 Å². The Balaban J connectivity index is 1.76. The first-order valence-corrected chi connectivity index (χ1v) is 12.0. The first-order valence-electron chi connectivity index (χ1n) is 11.2. The fourth-order valence-electron chi connectivity index (χ4n) is 4.33. The van der Waals surface area contributed by atoms with Gasteiger partial charge in [-0.2, -0.15) is 13.2 Å². The molecule has 1 aliphatic rings. The van der Waals surface area contributed by atoms with E-state index < -0.39 is 45.5 Å². The van der Waals surface area contributed by atoms with Crippen LogP contribution in [0, 0.1) is 0 Å². The second-order valence-electron chi connectivity index (χ2n) is 9.31. The molecule has 5 nitrogen and oxygen atoms in total. The third-order valence-electron chi connectivity index (χ3n) is 6.20. The Kier molecular flexibility index (Phi) is 6.83. The average Bonchev–Trinajstić information content (AvgIpc) is 3.19. The Hall–Kier alpha value is -2.33. The smallest absolute Gasteiger partial charge is 0.386 e. The molecule has 1 fully saturated rings. The van der Waals surface area contributed by atoms with Crippen molar-refractivity contribution < 1.29 is 23.1 Å². The maximum absolute atomic E-state index is 13.4. The summed E-state index contributed by atoms with van der Waals surface area (Å²) in [7, 11) is 16.9. The summed E-state index contributed by atoms with van der Waals surface area (Å²) >= 11 is 1.50. The van der Waals surface area contributed by atoms with Crippen LogP contribution in [0.4, 0.5) is 18.9 Å². The van der Waals surface area contributed by atoms with Gasteiger partial charge in [-0.3, -0.25) is 4.79 Å². The molecule has 0 aliphatic heterocycles. The standard InChI is InChI=1S/C23H21B3F3N3O2S/c1-22(2,34)11-8-13-14(35-21(31-13)10-6-4-3-5-7-10)9-12(11)30-20(33)18-16(25)15(24)17(26)19(32-18)23(27,28)29/h8-10,34H,3-7H2,1-2H3,(H,30,33). The fourth-order valence-corrected chi connectivity index (χ4v) is 5.49. The van der Waals surface area contributed by atoms with Crippen molar-refractivity contribution in [3.8, 4) is 0 Å². The van der Waals surface area contributed by atoms with E-state index in [4.69, 9.17) is 28.5 Å². The van der Waals surface area contributed by atoms with E-state index in [1.165, 1.54) is 31.6 Å². The van der Waals surface area contributed by atoms with E-state index in [9.17, 15) is 23.1 Å². The summed E-state index contributed by atoms with van der Waals surface area (Å²) < 4.78 is 40.9. The van der Waals surface area contributed by atoms with Gasteiger partial charge in [0.15, 0.2) is 0 Å². The lowest BCUT2D eigenvalue weighted by atomic mass is 9.71. The van der Waals surface area contributed by atoms with Crippen molar-refractivity contribution in [1.82, 2.24) is 9.97 Å². The number of carbonyl (C=O) groups excluding carboxylic acids is 1. The molecule has 12 heteroatoms. The molecule has 0 bridgehead atoms. The Morgan fingerprint density at radius 1 is 1.06 bits per heavy atom. The molecule has 1 aliphatic carbocycles. The van der Waals surface area contributed by atoms with Crippen LogP contribution in [-0.2, 0) is 11.8 Å². The number of halogens is 3. The Bertz CT molecular complexity index is 1300. The molecule has 1 aromatic carbocycles. The highest BCUT2D eigenvalue weighted by Gasteiger charge is 2.36. The zero-order valence-corrected chi connectivity index (χ0v) is 20.1. The minimum absolute atomic E-state index is 0.207. The van der Waals surface area contributed by atoms with Crippen LogP contribution in [0.15, 0.2) is 12.1 Å². The number of aromatic nitrogens is 2. The van der Waals surface area contributed by atoms with Gasteiger partial charge in [0.2, 0.25) is 0 Å². The summed E-state index contributed by atoms with van der Waals surface area (Å²) in [6.45, 7) is 3.07. The number of aliphatic hydroxyl groups is 1. The third-order valence-corrected chi connectivity index (χ3v) is 7.38. The molecule has 2 heterocycles. The minimum Gasteiger partial charge on any atom is -0.386 e. The highest BCUT2D eigenvalue weighted by atomic mass is 32.1. The topological polar surface area (TPSA) is 75.1 Å². The maximum atomic E-state index is 13.4. The van der Waals surface area contributed by atoms with Gasteiger partial charge in [-0.05, 0) is 38.8 Å². The number of thiazole rings is 1. The molecule has 0 atom stereocenters. The van der Waals surface area contributed by atoms with Crippen molar-refractivity contribution in [3.05, 3.63) is 34.1 Å². The summed E-state index contributed by atoms with van der Waals surface area (Å²) in [5, 5.41) is 14.3. The SMILES string of the molecule is [B]c1c(C(=O)Nc2cc3sc(C4CCCCC4)nc3cc2C(C)(C)O)nc(C(F)(F)F)c([B])c1[B]. The maximum Gasteiger partial charge on any atom is 0.432 e. The number of hydrogen-bond acceptors (Lipinski definition) is 5. The van der Waals surface area contributed by atoms with Crippen molar-refractivity contribution in [1.29, 1.82) is 0 Å². The molecule has 6 radical (unpaired) electrons. The van der Waals surface area contributed by atoms with E-state index in [1.54, 1.807) is 12.1 Å². The highest BCUT2D eigenvalue weighted by molar-refractivity contribution is 7.18. The first kappa shape index (κ1) is 25.8. The number of carbonyl (C=O) groups is 1. The molecule has 3 aromatic rings. The molecular formula is C23H21B3F3N3O2S. The van der Waals surface area contributed by atoms with Gasteiger partial charge in [-0.25, -0.2) is 9.97 Å². The monoisotopic (exact) mass is 493 g/mol. The van der Waals surface area contributed by atoms with Crippen LogP contribution in [0.3, 0.4) is 0 Å². The lowest BCUT2D eigenvalue weighted by Gasteiger charge is -2.23. The van der Waals surface area contributed by atoms with Crippen LogP contribution < -0.4 is 21.7 Å². The number of nitrogens with zero attached hydrogens (tertiary/aromatic N) is 2. The summed E-state index contributed by atoms with van der Waals surface area (Å²) in [5.74, 6) is -0.645. The largest absolute Gasteiger partial charge is 0.432 e. The van der Waals surface area contributed by atoms with Crippen LogP contribution >= 0.6 is 11.3 Å². The second-order valence-corrected chi connectivity index (χ2v) is 10.4. The van der Waals surface area contributed by atoms with Crippen LogP contribution in [0.25, 0.3) is 10.2 Å². The Morgan fingerprint density at radius 3 is 2.31 bits per heavy atom. The fraction of sp³-hybridized carbons (Fsp3) is 0.435. The number of hydrogen-bond donors (Lipinski definition) is 2. The molecule has 0 saturated heterocycles. The van der Waals surface area contributed by atoms with Gasteiger partial charge in [-0.1, -0.05) is 30.2 Å². The third kappa shape index (κ3) is 5.14. The average molecular weight is 493 g/mol. The number of rotatable bonds is 4. The number of pyridine rings is 1. The summed E-state index contributed by atoms with van der Waals surface area (Å²) in [6, 6.07) is 3.34. The molecular weight excluding hydrogens is 472 g/mol. The zero-order chi connectivity index (χ0) is 25.7. The molecule has 1 saturated carbocycles. The number of alkyl halides is 3. The molecule has 0 spiro atoms. The van der Waals surface area contributed by atoms with E-state index in [2.05, 4.69) is 10.3 Å². The van der Waals surface area contributed by atoms with E-state index in [-0.39, 0.29) is 5.69 Å². The number of nitrogens with one attached hydrogen (secondary N) is 1. The number of anilines is 1. The van der Waals surface area contributed by atoms with Crippen LogP contribution in [-0.4, -0.2) is 44.5 Å². The number of fused-ring (bicyclic) bond motifs is 1. The van der Waals surface area contributed by atoms with Crippen molar-refractivity contribution in [3.63, 3.8) is 0 Å². The lowest BCUT2D eigenvalue weighted by Crippen LogP contribution is -2.47. The van der Waals surface area contributed by atoms with Crippen molar-refractivity contribution in [2.24, 2.45) is 0 Å². The van der Waals surface area contributed by atoms with Crippen LogP contribution in [0.2, 0.25) is 0 Å². The minimum atomic E-state index is -4.93. The predicted octanol–water partition coefficient (Wildman–Crippen LogP) is 2.62. The van der Waals surface area contributed by atoms with E-state index in [1.807, 2.05) is 0 Å². The molecule has 2 N–H and O–H groups in total. The highest BCUT2D eigenvalue weighted by Crippen LogP contribution is 2.40. The number of benzene rings is 1. The zero-order valence-electron chi connectivity index (χ0n) is 19.3. The number of amides is 1. The van der Waals surface area contributed by atoms with Gasteiger partial charge in [0, 0.05) is 17.2 Å². The van der Waals surface area contributed by atoms with E-state index >= 15 is 0 Å². The summed E-state index contributed by atoms with van der Waals surface area (Å²) in [5.41, 5.74) is -4.24. The van der Waals surface area contributed by atoms with Crippen molar-refractivity contribution in [2.45, 2.75) is 63.6 Å². The summed E-state index contributed by atoms with van der Waals surface area (Å²) in [4.78, 5) is 21.2. The molecule has 176 valence electrons. The molecule has 4 rings (SSSR count). The Morgan fingerprint density at radius 2 is 1.71 bits per heavy atom. The predicted molar refractivity (Wildman–Crippen MR) is 134 cm³/mol. The molecule has 2 aromatic heterocycles.